The normalized spacial score (nSPS) is 11.5. The van der Waals surface area contributed by atoms with Crippen molar-refractivity contribution in [2.24, 2.45) is 5.73 Å². The Morgan fingerprint density at radius 2 is 2.00 bits per heavy atom. The van der Waals surface area contributed by atoms with Crippen LogP contribution in [0.1, 0.15) is 11.3 Å². The molecule has 21 heavy (non-hydrogen) atoms. The first-order chi connectivity index (χ1) is 10.1. The molecule has 0 atom stereocenters. The first-order valence-electron chi connectivity index (χ1n) is 6.57. The van der Waals surface area contributed by atoms with Gasteiger partial charge in [-0.2, -0.15) is 0 Å². The van der Waals surface area contributed by atoms with Crippen LogP contribution in [-0.4, -0.2) is 21.6 Å². The summed E-state index contributed by atoms with van der Waals surface area (Å²) in [5.41, 5.74) is 5.48. The van der Waals surface area contributed by atoms with Crippen molar-refractivity contribution in [2.75, 3.05) is 13.2 Å². The van der Waals surface area contributed by atoms with E-state index in [2.05, 4.69) is 4.72 Å². The molecule has 2 rings (SSSR count). The number of benzene rings is 1. The third-order valence-electron chi connectivity index (χ3n) is 2.77. The highest BCUT2D eigenvalue weighted by Crippen LogP contribution is 2.18. The summed E-state index contributed by atoms with van der Waals surface area (Å²) in [5.74, 6) is 0.783. The number of thiophene rings is 1. The van der Waals surface area contributed by atoms with Crippen molar-refractivity contribution >= 4 is 21.4 Å². The van der Waals surface area contributed by atoms with Gasteiger partial charge in [-0.05, 0) is 24.6 Å². The summed E-state index contributed by atoms with van der Waals surface area (Å²) in [6, 6.07) is 11.0. The molecule has 7 heteroatoms. The average Bonchev–Trinajstić information content (AvgIpc) is 2.98. The Labute approximate surface area is 128 Å². The van der Waals surface area contributed by atoms with Crippen molar-refractivity contribution in [3.8, 4) is 5.75 Å². The van der Waals surface area contributed by atoms with Crippen molar-refractivity contribution in [3.63, 3.8) is 0 Å². The molecule has 0 aliphatic heterocycles. The fraction of sp³-hybridized carbons (Fsp3) is 0.286. The molecule has 0 aliphatic carbocycles. The molecule has 0 saturated heterocycles. The van der Waals surface area contributed by atoms with E-state index < -0.39 is 10.0 Å². The average molecular weight is 326 g/mol. The standard InChI is InChI=1S/C14H18N2O3S2/c15-10-13-9-14(11-20-13)21(17,18)16-7-4-8-19-12-5-2-1-3-6-12/h1-3,5-6,9,11,16H,4,7-8,10,15H2. The minimum absolute atomic E-state index is 0.275. The monoisotopic (exact) mass is 326 g/mol. The van der Waals surface area contributed by atoms with Gasteiger partial charge in [-0.25, -0.2) is 13.1 Å². The minimum Gasteiger partial charge on any atom is -0.494 e. The van der Waals surface area contributed by atoms with Gasteiger partial charge < -0.3 is 10.5 Å². The Hall–Kier alpha value is -1.41. The molecule has 1 heterocycles. The lowest BCUT2D eigenvalue weighted by Gasteiger charge is -2.07. The van der Waals surface area contributed by atoms with E-state index in [-0.39, 0.29) is 4.90 Å². The SMILES string of the molecule is NCc1cc(S(=O)(=O)NCCCOc2ccccc2)cs1. The first kappa shape index (κ1) is 16.0. The van der Waals surface area contributed by atoms with Gasteiger partial charge in [-0.3, -0.25) is 0 Å². The highest BCUT2D eigenvalue weighted by molar-refractivity contribution is 7.89. The predicted octanol–water partition coefficient (Wildman–Crippen LogP) is 1.95. The van der Waals surface area contributed by atoms with E-state index in [0.717, 1.165) is 10.6 Å². The zero-order valence-electron chi connectivity index (χ0n) is 11.5. The topological polar surface area (TPSA) is 81.4 Å². The molecular weight excluding hydrogens is 308 g/mol. The molecule has 0 saturated carbocycles. The Morgan fingerprint density at radius 1 is 1.24 bits per heavy atom. The molecule has 0 bridgehead atoms. The zero-order valence-corrected chi connectivity index (χ0v) is 13.1. The molecule has 5 nitrogen and oxygen atoms in total. The van der Waals surface area contributed by atoms with Crippen molar-refractivity contribution < 1.29 is 13.2 Å². The fourth-order valence-electron chi connectivity index (χ4n) is 1.68. The number of nitrogens with one attached hydrogen (secondary N) is 1. The maximum absolute atomic E-state index is 12.0. The summed E-state index contributed by atoms with van der Waals surface area (Å²) in [7, 11) is -3.45. The lowest BCUT2D eigenvalue weighted by molar-refractivity contribution is 0.311. The van der Waals surface area contributed by atoms with Gasteiger partial charge in [0, 0.05) is 23.3 Å². The Kier molecular flexibility index (Phi) is 5.75. The van der Waals surface area contributed by atoms with Crippen molar-refractivity contribution in [2.45, 2.75) is 17.9 Å². The number of rotatable bonds is 8. The smallest absolute Gasteiger partial charge is 0.241 e. The van der Waals surface area contributed by atoms with Crippen LogP contribution in [0.15, 0.2) is 46.7 Å². The Balaban J connectivity index is 1.75. The quantitative estimate of drug-likeness (QED) is 0.727. The number of hydrogen-bond acceptors (Lipinski definition) is 5. The van der Waals surface area contributed by atoms with Gasteiger partial charge in [0.05, 0.1) is 11.5 Å². The molecule has 2 aromatic rings. The maximum Gasteiger partial charge on any atom is 0.241 e. The van der Waals surface area contributed by atoms with Crippen molar-refractivity contribution in [3.05, 3.63) is 46.7 Å². The van der Waals surface area contributed by atoms with Crippen molar-refractivity contribution in [1.29, 1.82) is 0 Å². The van der Waals surface area contributed by atoms with Crippen LogP contribution in [0, 0.1) is 0 Å². The number of sulfonamides is 1. The highest BCUT2D eigenvalue weighted by atomic mass is 32.2. The van der Waals surface area contributed by atoms with Gasteiger partial charge in [0.1, 0.15) is 5.75 Å². The van der Waals surface area contributed by atoms with E-state index in [4.69, 9.17) is 10.5 Å². The molecule has 0 spiro atoms. The second-order valence-electron chi connectivity index (χ2n) is 4.37. The van der Waals surface area contributed by atoms with E-state index in [1.54, 1.807) is 11.4 Å². The fourth-order valence-corrected chi connectivity index (χ4v) is 3.91. The summed E-state index contributed by atoms with van der Waals surface area (Å²) >= 11 is 1.35. The van der Waals surface area contributed by atoms with Crippen LogP contribution in [0.25, 0.3) is 0 Å². The number of para-hydroxylation sites is 1. The summed E-state index contributed by atoms with van der Waals surface area (Å²) in [4.78, 5) is 1.12. The van der Waals surface area contributed by atoms with Crippen LogP contribution in [0.2, 0.25) is 0 Å². The highest BCUT2D eigenvalue weighted by Gasteiger charge is 2.15. The molecule has 1 aromatic heterocycles. The molecule has 0 amide bonds. The molecule has 0 aliphatic rings. The summed E-state index contributed by atoms with van der Waals surface area (Å²) < 4.78 is 32.1. The minimum atomic E-state index is -3.45. The van der Waals surface area contributed by atoms with Crippen molar-refractivity contribution in [1.82, 2.24) is 4.72 Å². The van der Waals surface area contributed by atoms with Gasteiger partial charge in [0.15, 0.2) is 0 Å². The second kappa shape index (κ2) is 7.56. The van der Waals surface area contributed by atoms with Gasteiger partial charge in [-0.15, -0.1) is 11.3 Å². The van der Waals surface area contributed by atoms with E-state index in [1.807, 2.05) is 30.3 Å². The van der Waals surface area contributed by atoms with Crippen LogP contribution < -0.4 is 15.2 Å². The second-order valence-corrected chi connectivity index (χ2v) is 7.13. The molecule has 0 unspecified atom stereocenters. The number of nitrogens with two attached hydrogens (primary N) is 1. The largest absolute Gasteiger partial charge is 0.494 e. The van der Waals surface area contributed by atoms with E-state index in [9.17, 15) is 8.42 Å². The van der Waals surface area contributed by atoms with E-state index in [0.29, 0.717) is 26.1 Å². The van der Waals surface area contributed by atoms with Crippen LogP contribution in [-0.2, 0) is 16.6 Å². The lowest BCUT2D eigenvalue weighted by atomic mass is 10.3. The van der Waals surface area contributed by atoms with E-state index in [1.165, 1.54) is 11.3 Å². The van der Waals surface area contributed by atoms with E-state index >= 15 is 0 Å². The van der Waals surface area contributed by atoms with Crippen LogP contribution >= 0.6 is 11.3 Å². The third-order valence-corrected chi connectivity index (χ3v) is 5.32. The van der Waals surface area contributed by atoms with Crippen LogP contribution in [0.4, 0.5) is 0 Å². The van der Waals surface area contributed by atoms with Gasteiger partial charge >= 0.3 is 0 Å². The molecule has 0 radical (unpaired) electrons. The molecule has 0 fully saturated rings. The molecular formula is C14H18N2O3S2. The first-order valence-corrected chi connectivity index (χ1v) is 8.93. The van der Waals surface area contributed by atoms with Gasteiger partial charge in [-0.1, -0.05) is 18.2 Å². The number of hydrogen-bond donors (Lipinski definition) is 2. The van der Waals surface area contributed by atoms with Gasteiger partial charge in [0.25, 0.3) is 0 Å². The summed E-state index contributed by atoms with van der Waals surface area (Å²) in [6.45, 7) is 1.15. The van der Waals surface area contributed by atoms with Crippen LogP contribution in [0.5, 0.6) is 5.75 Å². The summed E-state index contributed by atoms with van der Waals surface area (Å²) in [5, 5.41) is 1.60. The molecule has 3 N–H and O–H groups in total. The molecule has 1 aromatic carbocycles. The Morgan fingerprint density at radius 3 is 2.67 bits per heavy atom. The summed E-state index contributed by atoms with van der Waals surface area (Å²) in [6.07, 6.45) is 0.599. The molecule has 114 valence electrons. The van der Waals surface area contributed by atoms with Crippen LogP contribution in [0.3, 0.4) is 0 Å². The number of ether oxygens (including phenoxy) is 1. The predicted molar refractivity (Wildman–Crippen MR) is 84.0 cm³/mol. The zero-order chi connectivity index (χ0) is 15.1. The van der Waals surface area contributed by atoms with Gasteiger partial charge in [0.2, 0.25) is 10.0 Å². The lowest BCUT2D eigenvalue weighted by Crippen LogP contribution is -2.25. The Bertz CT molecular complexity index is 654. The maximum atomic E-state index is 12.0. The third kappa shape index (κ3) is 4.82.